The molecule has 0 aromatic heterocycles. The van der Waals surface area contributed by atoms with E-state index in [1.54, 1.807) is 12.1 Å². The molecule has 1 N–H and O–H groups in total. The molecule has 0 radical (unpaired) electrons. The second-order valence-corrected chi connectivity index (χ2v) is 5.86. The molecule has 0 bridgehead atoms. The summed E-state index contributed by atoms with van der Waals surface area (Å²) in [5.41, 5.74) is 1.30. The first-order valence-corrected chi connectivity index (χ1v) is 8.34. The van der Waals surface area contributed by atoms with Crippen molar-refractivity contribution < 1.29 is 19.4 Å². The van der Waals surface area contributed by atoms with Crippen molar-refractivity contribution in [3.05, 3.63) is 23.3 Å². The van der Waals surface area contributed by atoms with E-state index in [9.17, 15) is 9.90 Å². The van der Waals surface area contributed by atoms with Gasteiger partial charge in [-0.2, -0.15) is 0 Å². The van der Waals surface area contributed by atoms with E-state index in [0.717, 1.165) is 50.7 Å². The maximum absolute atomic E-state index is 11.0. The van der Waals surface area contributed by atoms with Crippen molar-refractivity contribution in [3.8, 4) is 11.5 Å². The van der Waals surface area contributed by atoms with Crippen molar-refractivity contribution >= 4 is 6.29 Å². The van der Waals surface area contributed by atoms with Gasteiger partial charge < -0.3 is 14.6 Å². The minimum absolute atomic E-state index is 0.0295. The lowest BCUT2D eigenvalue weighted by molar-refractivity contribution is -0.106. The first-order chi connectivity index (χ1) is 10.7. The number of rotatable bonds is 8. The standard InChI is InChI=1S/C18H26O4/c1-2-3-4-5-8-14-11-15(13-19)16(20)12-17(14)22-18-9-6-7-10-21-18/h11-13,18,20H,2-10H2,1H3/t18-/m0/s1. The van der Waals surface area contributed by atoms with Crippen LogP contribution in [0.3, 0.4) is 0 Å². The number of benzene rings is 1. The van der Waals surface area contributed by atoms with E-state index >= 15 is 0 Å². The SMILES string of the molecule is CCCCCCc1cc(C=O)c(O)cc1O[C@H]1CCCCO1. The average Bonchev–Trinajstić information content (AvgIpc) is 2.54. The van der Waals surface area contributed by atoms with Gasteiger partial charge in [-0.3, -0.25) is 4.79 Å². The smallest absolute Gasteiger partial charge is 0.199 e. The molecule has 1 aliphatic heterocycles. The molecule has 0 amide bonds. The van der Waals surface area contributed by atoms with Gasteiger partial charge in [0.1, 0.15) is 11.5 Å². The fourth-order valence-corrected chi connectivity index (χ4v) is 2.72. The molecule has 1 aliphatic rings. The third-order valence-corrected chi connectivity index (χ3v) is 4.03. The Labute approximate surface area is 132 Å². The predicted octanol–water partition coefficient (Wildman–Crippen LogP) is 4.23. The lowest BCUT2D eigenvalue weighted by Crippen LogP contribution is -2.25. The Morgan fingerprint density at radius 1 is 1.32 bits per heavy atom. The number of carbonyl (C=O) groups excluding carboxylic acids is 1. The van der Waals surface area contributed by atoms with E-state index in [-0.39, 0.29) is 12.0 Å². The second-order valence-electron chi connectivity index (χ2n) is 5.86. The van der Waals surface area contributed by atoms with E-state index in [1.165, 1.54) is 12.8 Å². The number of hydrogen-bond donors (Lipinski definition) is 1. The Kier molecular flexibility index (Phi) is 6.72. The monoisotopic (exact) mass is 306 g/mol. The van der Waals surface area contributed by atoms with E-state index < -0.39 is 0 Å². The average molecular weight is 306 g/mol. The maximum atomic E-state index is 11.0. The lowest BCUT2D eigenvalue weighted by atomic mass is 10.0. The number of hydrogen-bond acceptors (Lipinski definition) is 4. The van der Waals surface area contributed by atoms with Crippen LogP contribution in [0.2, 0.25) is 0 Å². The minimum Gasteiger partial charge on any atom is -0.507 e. The molecule has 122 valence electrons. The number of carbonyl (C=O) groups is 1. The molecular formula is C18H26O4. The Hall–Kier alpha value is -1.55. The number of aldehydes is 1. The molecule has 4 heteroatoms. The van der Waals surface area contributed by atoms with E-state index in [4.69, 9.17) is 9.47 Å². The number of phenols is 1. The molecule has 1 heterocycles. The van der Waals surface area contributed by atoms with Gasteiger partial charge in [0.25, 0.3) is 0 Å². The molecule has 4 nitrogen and oxygen atoms in total. The summed E-state index contributed by atoms with van der Waals surface area (Å²) in [6, 6.07) is 3.29. The van der Waals surface area contributed by atoms with Crippen molar-refractivity contribution in [1.29, 1.82) is 0 Å². The van der Waals surface area contributed by atoms with E-state index in [1.807, 2.05) is 0 Å². The van der Waals surface area contributed by atoms with Crippen LogP contribution >= 0.6 is 0 Å². The van der Waals surface area contributed by atoms with Gasteiger partial charge in [-0.15, -0.1) is 0 Å². The van der Waals surface area contributed by atoms with Crippen LogP contribution in [0.15, 0.2) is 12.1 Å². The summed E-state index contributed by atoms with van der Waals surface area (Å²) in [7, 11) is 0. The summed E-state index contributed by atoms with van der Waals surface area (Å²) in [6.07, 6.45) is 8.93. The summed E-state index contributed by atoms with van der Waals surface area (Å²) < 4.78 is 11.5. The van der Waals surface area contributed by atoms with Crippen molar-refractivity contribution in [3.63, 3.8) is 0 Å². The van der Waals surface area contributed by atoms with Crippen molar-refractivity contribution in [1.82, 2.24) is 0 Å². The highest BCUT2D eigenvalue weighted by atomic mass is 16.7. The van der Waals surface area contributed by atoms with Gasteiger partial charge in [-0.25, -0.2) is 0 Å². The van der Waals surface area contributed by atoms with Crippen molar-refractivity contribution in [2.24, 2.45) is 0 Å². The van der Waals surface area contributed by atoms with Crippen LogP contribution in [0.1, 0.15) is 67.8 Å². The Morgan fingerprint density at radius 3 is 2.86 bits per heavy atom. The number of unbranched alkanes of at least 4 members (excludes halogenated alkanes) is 3. The Balaban J connectivity index is 2.09. The summed E-state index contributed by atoms with van der Waals surface area (Å²) in [4.78, 5) is 11.0. The zero-order valence-corrected chi connectivity index (χ0v) is 13.3. The largest absolute Gasteiger partial charge is 0.507 e. The van der Waals surface area contributed by atoms with Gasteiger partial charge in [0.05, 0.1) is 12.2 Å². The highest BCUT2D eigenvalue weighted by molar-refractivity contribution is 5.80. The summed E-state index contributed by atoms with van der Waals surface area (Å²) >= 11 is 0. The van der Waals surface area contributed by atoms with Crippen LogP contribution in [-0.2, 0) is 11.2 Å². The van der Waals surface area contributed by atoms with Crippen LogP contribution in [0.4, 0.5) is 0 Å². The third-order valence-electron chi connectivity index (χ3n) is 4.03. The molecule has 0 unspecified atom stereocenters. The molecule has 1 aromatic carbocycles. The highest BCUT2D eigenvalue weighted by Crippen LogP contribution is 2.31. The molecule has 1 fully saturated rings. The van der Waals surface area contributed by atoms with Gasteiger partial charge in [0.15, 0.2) is 12.6 Å². The van der Waals surface area contributed by atoms with E-state index in [2.05, 4.69) is 6.92 Å². The number of aryl methyl sites for hydroxylation is 1. The maximum Gasteiger partial charge on any atom is 0.199 e. The number of ether oxygens (including phenoxy) is 2. The minimum atomic E-state index is -0.246. The van der Waals surface area contributed by atoms with Gasteiger partial charge in [0, 0.05) is 12.5 Å². The molecule has 0 spiro atoms. The van der Waals surface area contributed by atoms with E-state index in [0.29, 0.717) is 17.6 Å². The quantitative estimate of drug-likeness (QED) is 0.577. The first-order valence-electron chi connectivity index (χ1n) is 8.34. The summed E-state index contributed by atoms with van der Waals surface area (Å²) in [5.74, 6) is 0.615. The van der Waals surface area contributed by atoms with Crippen LogP contribution in [0, 0.1) is 0 Å². The molecule has 1 atom stereocenters. The zero-order chi connectivity index (χ0) is 15.8. The molecule has 2 rings (SSSR count). The number of phenolic OH excluding ortho intramolecular Hbond substituents is 1. The highest BCUT2D eigenvalue weighted by Gasteiger charge is 2.18. The number of aromatic hydroxyl groups is 1. The normalized spacial score (nSPS) is 18.1. The third kappa shape index (κ3) is 4.73. The molecular weight excluding hydrogens is 280 g/mol. The van der Waals surface area contributed by atoms with Crippen LogP contribution in [0.5, 0.6) is 11.5 Å². The second kappa shape index (κ2) is 8.79. The van der Waals surface area contributed by atoms with Crippen molar-refractivity contribution in [2.75, 3.05) is 6.61 Å². The molecule has 0 aliphatic carbocycles. The Morgan fingerprint density at radius 2 is 2.18 bits per heavy atom. The topological polar surface area (TPSA) is 55.8 Å². The van der Waals surface area contributed by atoms with Gasteiger partial charge in [-0.1, -0.05) is 26.2 Å². The Bertz CT molecular complexity index is 478. The van der Waals surface area contributed by atoms with Gasteiger partial charge >= 0.3 is 0 Å². The van der Waals surface area contributed by atoms with Gasteiger partial charge in [-0.05, 0) is 37.3 Å². The summed E-state index contributed by atoms with van der Waals surface area (Å²) in [5, 5.41) is 9.90. The van der Waals surface area contributed by atoms with Crippen molar-refractivity contribution in [2.45, 2.75) is 64.6 Å². The van der Waals surface area contributed by atoms with Gasteiger partial charge in [0.2, 0.25) is 0 Å². The molecule has 0 saturated carbocycles. The molecule has 22 heavy (non-hydrogen) atoms. The zero-order valence-electron chi connectivity index (χ0n) is 13.3. The lowest BCUT2D eigenvalue weighted by Gasteiger charge is -2.25. The summed E-state index contributed by atoms with van der Waals surface area (Å²) in [6.45, 7) is 2.90. The van der Waals surface area contributed by atoms with Crippen LogP contribution in [-0.4, -0.2) is 24.3 Å². The predicted molar refractivity (Wildman–Crippen MR) is 85.6 cm³/mol. The van der Waals surface area contributed by atoms with Crippen LogP contribution in [0.25, 0.3) is 0 Å². The fourth-order valence-electron chi connectivity index (χ4n) is 2.72. The van der Waals surface area contributed by atoms with Crippen LogP contribution < -0.4 is 4.74 Å². The first kappa shape index (κ1) is 16.8. The molecule has 1 aromatic rings. The molecule has 1 saturated heterocycles. The fraction of sp³-hybridized carbons (Fsp3) is 0.611.